The van der Waals surface area contributed by atoms with Crippen LogP contribution in [0.5, 0.6) is 0 Å². The van der Waals surface area contributed by atoms with Crippen molar-refractivity contribution in [3.8, 4) is 0 Å². The molecular weight excluding hydrogens is 232 g/mol. The highest BCUT2D eigenvalue weighted by Crippen LogP contribution is 2.38. The van der Waals surface area contributed by atoms with E-state index in [2.05, 4.69) is 19.1 Å². The van der Waals surface area contributed by atoms with E-state index in [0.29, 0.717) is 18.4 Å². The number of benzene rings is 1. The van der Waals surface area contributed by atoms with Crippen LogP contribution in [0.3, 0.4) is 0 Å². The van der Waals surface area contributed by atoms with Gasteiger partial charge in [0, 0.05) is 11.6 Å². The van der Waals surface area contributed by atoms with Crippen molar-refractivity contribution in [2.75, 3.05) is 6.61 Å². The topological polar surface area (TPSA) is 20.2 Å². The van der Waals surface area contributed by atoms with Crippen molar-refractivity contribution < 1.29 is 5.11 Å². The van der Waals surface area contributed by atoms with Gasteiger partial charge in [-0.15, -0.1) is 0 Å². The van der Waals surface area contributed by atoms with E-state index in [1.165, 1.54) is 11.1 Å². The Labute approximate surface area is 109 Å². The molecule has 1 saturated carbocycles. The Morgan fingerprint density at radius 3 is 2.53 bits per heavy atom. The smallest absolute Gasteiger partial charge is 0.0459 e. The van der Waals surface area contributed by atoms with Gasteiger partial charge in [-0.1, -0.05) is 30.7 Å². The molecule has 1 aromatic carbocycles. The van der Waals surface area contributed by atoms with Crippen LogP contribution in [0.2, 0.25) is 5.02 Å². The average Bonchev–Trinajstić information content (AvgIpc) is 2.39. The molecule has 0 spiro atoms. The molecule has 2 heteroatoms. The van der Waals surface area contributed by atoms with E-state index >= 15 is 0 Å². The Kier molecular flexibility index (Phi) is 4.47. The monoisotopic (exact) mass is 252 g/mol. The number of aliphatic hydroxyl groups excluding tert-OH is 1. The third-order valence-corrected chi connectivity index (χ3v) is 4.36. The molecule has 17 heavy (non-hydrogen) atoms. The molecule has 0 saturated heterocycles. The second-order valence-corrected chi connectivity index (χ2v) is 5.52. The van der Waals surface area contributed by atoms with Crippen LogP contribution in [-0.4, -0.2) is 11.7 Å². The molecule has 0 aliphatic heterocycles. The van der Waals surface area contributed by atoms with Crippen LogP contribution in [0.1, 0.15) is 49.7 Å². The number of aryl methyl sites for hydroxylation is 1. The second-order valence-electron chi connectivity index (χ2n) is 5.11. The fourth-order valence-electron chi connectivity index (χ4n) is 2.78. The van der Waals surface area contributed by atoms with Crippen LogP contribution in [0.4, 0.5) is 0 Å². The predicted octanol–water partition coefficient (Wildman–Crippen LogP) is 4.17. The molecule has 0 unspecified atom stereocenters. The van der Waals surface area contributed by atoms with Crippen molar-refractivity contribution in [3.05, 3.63) is 34.3 Å². The number of hydrogen-bond acceptors (Lipinski definition) is 1. The minimum Gasteiger partial charge on any atom is -0.396 e. The first-order valence-electron chi connectivity index (χ1n) is 6.63. The van der Waals surface area contributed by atoms with E-state index in [9.17, 15) is 0 Å². The molecule has 1 aliphatic carbocycles. The van der Waals surface area contributed by atoms with Crippen LogP contribution in [0.25, 0.3) is 0 Å². The zero-order valence-corrected chi connectivity index (χ0v) is 11.2. The maximum atomic E-state index is 9.16. The summed E-state index contributed by atoms with van der Waals surface area (Å²) < 4.78 is 0. The van der Waals surface area contributed by atoms with Crippen molar-refractivity contribution in [2.24, 2.45) is 5.92 Å². The van der Waals surface area contributed by atoms with Gasteiger partial charge in [-0.2, -0.15) is 0 Å². The van der Waals surface area contributed by atoms with Gasteiger partial charge in [-0.25, -0.2) is 0 Å². The van der Waals surface area contributed by atoms with Crippen molar-refractivity contribution in [2.45, 2.75) is 44.9 Å². The van der Waals surface area contributed by atoms with E-state index in [4.69, 9.17) is 16.7 Å². The summed E-state index contributed by atoms with van der Waals surface area (Å²) in [5, 5.41) is 10.1. The Morgan fingerprint density at radius 2 is 1.94 bits per heavy atom. The van der Waals surface area contributed by atoms with Gasteiger partial charge in [-0.05, 0) is 61.1 Å². The van der Waals surface area contributed by atoms with E-state index in [1.807, 2.05) is 6.07 Å². The second kappa shape index (κ2) is 5.88. The highest BCUT2D eigenvalue weighted by molar-refractivity contribution is 6.31. The fraction of sp³-hybridized carbons (Fsp3) is 0.600. The van der Waals surface area contributed by atoms with Gasteiger partial charge >= 0.3 is 0 Å². The molecule has 1 fully saturated rings. The first kappa shape index (κ1) is 12.9. The summed E-state index contributed by atoms with van der Waals surface area (Å²) in [4.78, 5) is 0. The molecule has 1 N–H and O–H groups in total. The minimum atomic E-state index is 0.343. The number of rotatable bonds is 3. The van der Waals surface area contributed by atoms with Crippen molar-refractivity contribution in [1.29, 1.82) is 0 Å². The number of aliphatic hydroxyl groups is 1. The minimum absolute atomic E-state index is 0.343. The predicted molar refractivity (Wildman–Crippen MR) is 72.6 cm³/mol. The number of halogens is 1. The maximum Gasteiger partial charge on any atom is 0.0459 e. The molecule has 0 atom stereocenters. The van der Waals surface area contributed by atoms with Gasteiger partial charge in [0.05, 0.1) is 0 Å². The summed E-state index contributed by atoms with van der Waals surface area (Å²) in [6.07, 6.45) is 5.66. The van der Waals surface area contributed by atoms with Gasteiger partial charge < -0.3 is 5.11 Å². The maximum absolute atomic E-state index is 9.16. The van der Waals surface area contributed by atoms with Gasteiger partial charge in [0.1, 0.15) is 0 Å². The first-order chi connectivity index (χ1) is 8.24. The fourth-order valence-corrected chi connectivity index (χ4v) is 3.05. The van der Waals surface area contributed by atoms with Crippen LogP contribution in [0.15, 0.2) is 18.2 Å². The first-order valence-corrected chi connectivity index (χ1v) is 7.01. The summed E-state index contributed by atoms with van der Waals surface area (Å²) in [6.45, 7) is 2.52. The van der Waals surface area contributed by atoms with Crippen LogP contribution >= 0.6 is 11.6 Å². The third kappa shape index (κ3) is 3.02. The highest BCUT2D eigenvalue weighted by atomic mass is 35.5. The quantitative estimate of drug-likeness (QED) is 0.856. The largest absolute Gasteiger partial charge is 0.396 e. The summed E-state index contributed by atoms with van der Waals surface area (Å²) in [6, 6.07) is 6.42. The molecule has 0 heterocycles. The Bertz CT molecular complexity index is 367. The normalized spacial score (nSPS) is 24.9. The van der Waals surface area contributed by atoms with Gasteiger partial charge in [0.25, 0.3) is 0 Å². The molecule has 0 radical (unpaired) electrons. The van der Waals surface area contributed by atoms with Gasteiger partial charge in [0.15, 0.2) is 0 Å². The lowest BCUT2D eigenvalue weighted by atomic mass is 9.78. The lowest BCUT2D eigenvalue weighted by Gasteiger charge is -2.28. The molecule has 0 bridgehead atoms. The molecule has 2 rings (SSSR count). The summed E-state index contributed by atoms with van der Waals surface area (Å²) in [5.41, 5.74) is 2.69. The molecule has 1 nitrogen and oxygen atoms in total. The Balaban J connectivity index is 2.12. The molecule has 1 aliphatic rings. The molecular formula is C15H21ClO. The standard InChI is InChI=1S/C15H21ClO/c1-2-11-5-8-15(16)14(9-11)13-6-3-12(10-17)4-7-13/h5,8-9,12-13,17H,2-4,6-7,10H2,1H3. The zero-order valence-electron chi connectivity index (χ0n) is 10.5. The molecule has 94 valence electrons. The summed E-state index contributed by atoms with van der Waals surface area (Å²) in [7, 11) is 0. The van der Waals surface area contributed by atoms with Crippen LogP contribution < -0.4 is 0 Å². The van der Waals surface area contributed by atoms with Gasteiger partial charge in [0.2, 0.25) is 0 Å². The van der Waals surface area contributed by atoms with E-state index in [-0.39, 0.29) is 0 Å². The van der Waals surface area contributed by atoms with E-state index < -0.39 is 0 Å². The van der Waals surface area contributed by atoms with Crippen molar-refractivity contribution in [3.63, 3.8) is 0 Å². The highest BCUT2D eigenvalue weighted by Gasteiger charge is 2.23. The van der Waals surface area contributed by atoms with Crippen LogP contribution in [-0.2, 0) is 6.42 Å². The average molecular weight is 253 g/mol. The third-order valence-electron chi connectivity index (χ3n) is 4.01. The summed E-state index contributed by atoms with van der Waals surface area (Å²) >= 11 is 6.31. The van der Waals surface area contributed by atoms with Gasteiger partial charge in [-0.3, -0.25) is 0 Å². The summed E-state index contributed by atoms with van der Waals surface area (Å²) in [5.74, 6) is 1.11. The van der Waals surface area contributed by atoms with E-state index in [0.717, 1.165) is 37.1 Å². The van der Waals surface area contributed by atoms with Crippen molar-refractivity contribution in [1.82, 2.24) is 0 Å². The number of hydrogen-bond donors (Lipinski definition) is 1. The SMILES string of the molecule is CCc1ccc(Cl)c(C2CCC(CO)CC2)c1. The lowest BCUT2D eigenvalue weighted by molar-refractivity contribution is 0.182. The molecule has 0 aromatic heterocycles. The Morgan fingerprint density at radius 1 is 1.24 bits per heavy atom. The Hall–Kier alpha value is -0.530. The lowest BCUT2D eigenvalue weighted by Crippen LogP contribution is -2.16. The molecule has 0 amide bonds. The zero-order chi connectivity index (χ0) is 12.3. The molecule has 1 aromatic rings. The van der Waals surface area contributed by atoms with E-state index in [1.54, 1.807) is 0 Å². The van der Waals surface area contributed by atoms with Crippen molar-refractivity contribution >= 4 is 11.6 Å². The van der Waals surface area contributed by atoms with Crippen LogP contribution in [0, 0.1) is 5.92 Å².